The molecule has 0 radical (unpaired) electrons. The van der Waals surface area contributed by atoms with Crippen LogP contribution in [0.2, 0.25) is 5.15 Å². The molecule has 0 spiro atoms. The Labute approximate surface area is 267 Å². The second kappa shape index (κ2) is 15.4. The van der Waals surface area contributed by atoms with Gasteiger partial charge in [-0.1, -0.05) is 17.7 Å². The van der Waals surface area contributed by atoms with Crippen molar-refractivity contribution >= 4 is 48.7 Å². The van der Waals surface area contributed by atoms with E-state index >= 15 is 0 Å². The molecule has 1 aromatic carbocycles. The number of carbonyl (C=O) groups is 1. The topological polar surface area (TPSA) is 165 Å². The van der Waals surface area contributed by atoms with Crippen LogP contribution in [0.25, 0.3) is 11.3 Å². The smallest absolute Gasteiger partial charge is 0.421 e. The summed E-state index contributed by atoms with van der Waals surface area (Å²) in [4.78, 5) is 25.1. The van der Waals surface area contributed by atoms with Gasteiger partial charge in [-0.05, 0) is 43.2 Å². The van der Waals surface area contributed by atoms with Crippen molar-refractivity contribution < 1.29 is 36.9 Å². The quantitative estimate of drug-likeness (QED) is 0.121. The number of methoxy groups -OCH3 is 1. The highest BCUT2D eigenvalue weighted by atomic mass is 35.5. The average molecular weight is 683 g/mol. The molecule has 0 aliphatic rings. The van der Waals surface area contributed by atoms with Gasteiger partial charge in [0.1, 0.15) is 22.3 Å². The molecular weight excluding hydrogens is 652 g/mol. The van der Waals surface area contributed by atoms with Gasteiger partial charge in [0.25, 0.3) is 5.91 Å². The standard InChI is InChI=1S/C28H31ClF3N8O5P/c1-4-45-46(43)15-16-6-7-20(22(12-16)44-3)38-27-34-14-18(28(30,31)32)25(39-27)37-21-9-8-19(36-23(21)26(42)33-2)17-13-35-40(24(17)29)10-5-11-41/h6-9,12-14,41,46H,4-5,10-11,15H2,1-3H3,(H,33,42)(H2,34,37,38,39). The lowest BCUT2D eigenvalue weighted by molar-refractivity contribution is -0.137. The van der Waals surface area contributed by atoms with Crippen molar-refractivity contribution in [1.82, 2.24) is 30.0 Å². The van der Waals surface area contributed by atoms with Crippen LogP contribution in [-0.2, 0) is 28.0 Å². The van der Waals surface area contributed by atoms with Crippen molar-refractivity contribution in [2.45, 2.75) is 32.2 Å². The third-order valence-electron chi connectivity index (χ3n) is 6.43. The van der Waals surface area contributed by atoms with E-state index < -0.39 is 31.5 Å². The summed E-state index contributed by atoms with van der Waals surface area (Å²) in [5, 5.41) is 21.4. The Kier molecular flexibility index (Phi) is 11.6. The van der Waals surface area contributed by atoms with Crippen LogP contribution >= 0.6 is 19.6 Å². The normalized spacial score (nSPS) is 12.1. The van der Waals surface area contributed by atoms with E-state index in [1.165, 1.54) is 37.2 Å². The van der Waals surface area contributed by atoms with E-state index in [0.717, 1.165) is 0 Å². The summed E-state index contributed by atoms with van der Waals surface area (Å²) in [5.41, 5.74) is 0.131. The number of hydrogen-bond donors (Lipinski definition) is 4. The number of aromatic nitrogens is 5. The molecule has 0 fully saturated rings. The number of pyridine rings is 1. The summed E-state index contributed by atoms with van der Waals surface area (Å²) in [6.45, 7) is 2.33. The predicted molar refractivity (Wildman–Crippen MR) is 166 cm³/mol. The monoisotopic (exact) mass is 682 g/mol. The number of anilines is 4. The Morgan fingerprint density at radius 1 is 1.13 bits per heavy atom. The number of nitrogens with zero attached hydrogens (tertiary/aromatic N) is 5. The number of rotatable bonds is 14. The molecule has 4 rings (SSSR count). The maximum Gasteiger partial charge on any atom is 0.421 e. The van der Waals surface area contributed by atoms with Crippen LogP contribution < -0.4 is 20.7 Å². The molecular formula is C28H31ClF3N8O5P. The van der Waals surface area contributed by atoms with Crippen LogP contribution in [0.4, 0.5) is 36.3 Å². The third-order valence-corrected chi connectivity index (χ3v) is 8.14. The maximum atomic E-state index is 14.0. The van der Waals surface area contributed by atoms with Gasteiger partial charge in [-0.3, -0.25) is 14.0 Å². The van der Waals surface area contributed by atoms with E-state index in [0.29, 0.717) is 48.3 Å². The second-order valence-electron chi connectivity index (χ2n) is 9.54. The number of carbonyl (C=O) groups excluding carboxylic acids is 1. The zero-order valence-electron chi connectivity index (χ0n) is 24.9. The lowest BCUT2D eigenvalue weighted by Gasteiger charge is -2.17. The van der Waals surface area contributed by atoms with E-state index in [4.69, 9.17) is 26.0 Å². The first-order valence-corrected chi connectivity index (χ1v) is 15.8. The number of nitrogens with one attached hydrogen (secondary N) is 3. The van der Waals surface area contributed by atoms with Crippen LogP contribution in [0.3, 0.4) is 0 Å². The minimum Gasteiger partial charge on any atom is -0.495 e. The zero-order chi connectivity index (χ0) is 33.4. The summed E-state index contributed by atoms with van der Waals surface area (Å²) in [5.74, 6) is -1.24. The Balaban J connectivity index is 1.69. The fraction of sp³-hybridized carbons (Fsp3) is 0.321. The largest absolute Gasteiger partial charge is 0.495 e. The molecule has 3 aromatic heterocycles. The average Bonchev–Trinajstić information content (AvgIpc) is 3.39. The maximum absolute atomic E-state index is 14.0. The number of aliphatic hydroxyl groups excluding tert-OH is 1. The molecule has 1 atom stereocenters. The summed E-state index contributed by atoms with van der Waals surface area (Å²) in [6, 6.07) is 7.72. The molecule has 1 unspecified atom stereocenters. The van der Waals surface area contributed by atoms with E-state index in [1.54, 1.807) is 25.1 Å². The second-order valence-corrected chi connectivity index (χ2v) is 11.3. The SMILES string of the molecule is CCO[PH](=O)Cc1ccc(Nc2ncc(C(F)(F)F)c(Nc3ccc(-c4cnn(CCCO)c4Cl)nc3C(=O)NC)n2)c(OC)c1. The Morgan fingerprint density at radius 3 is 2.57 bits per heavy atom. The Bertz CT molecular complexity index is 1720. The number of aliphatic hydroxyl groups is 1. The molecule has 1 amide bonds. The number of benzene rings is 1. The number of ether oxygens (including phenoxy) is 1. The van der Waals surface area contributed by atoms with Crippen LogP contribution in [0.1, 0.15) is 35.0 Å². The van der Waals surface area contributed by atoms with Gasteiger partial charge in [0.15, 0.2) is 13.7 Å². The van der Waals surface area contributed by atoms with Gasteiger partial charge in [0.2, 0.25) is 5.95 Å². The minimum absolute atomic E-state index is 0.0657. The van der Waals surface area contributed by atoms with Crippen LogP contribution in [-0.4, -0.2) is 63.1 Å². The molecule has 0 aliphatic carbocycles. The van der Waals surface area contributed by atoms with Crippen LogP contribution in [0.5, 0.6) is 5.75 Å². The number of hydrogen-bond acceptors (Lipinski definition) is 11. The first kappa shape index (κ1) is 34.6. The number of aryl methyl sites for hydroxylation is 1. The van der Waals surface area contributed by atoms with Crippen molar-refractivity contribution in [3.63, 3.8) is 0 Å². The van der Waals surface area contributed by atoms with Gasteiger partial charge in [0, 0.05) is 32.6 Å². The molecule has 0 aliphatic heterocycles. The van der Waals surface area contributed by atoms with Crippen LogP contribution in [0, 0.1) is 0 Å². The molecule has 18 heteroatoms. The lowest BCUT2D eigenvalue weighted by atomic mass is 10.1. The summed E-state index contributed by atoms with van der Waals surface area (Å²) < 4.78 is 66.2. The van der Waals surface area contributed by atoms with Gasteiger partial charge in [-0.2, -0.15) is 23.3 Å². The molecule has 13 nitrogen and oxygen atoms in total. The van der Waals surface area contributed by atoms with Gasteiger partial charge >= 0.3 is 6.18 Å². The highest BCUT2D eigenvalue weighted by Gasteiger charge is 2.36. The van der Waals surface area contributed by atoms with Gasteiger partial charge < -0.3 is 30.3 Å². The zero-order valence-corrected chi connectivity index (χ0v) is 26.7. The lowest BCUT2D eigenvalue weighted by Crippen LogP contribution is -2.21. The first-order chi connectivity index (χ1) is 22.0. The van der Waals surface area contributed by atoms with Gasteiger partial charge in [-0.15, -0.1) is 0 Å². The molecule has 0 saturated carbocycles. The molecule has 0 bridgehead atoms. The predicted octanol–water partition coefficient (Wildman–Crippen LogP) is 5.66. The van der Waals surface area contributed by atoms with Crippen LogP contribution in [0.15, 0.2) is 42.7 Å². The van der Waals surface area contributed by atoms with Crippen molar-refractivity contribution in [2.75, 3.05) is 38.0 Å². The third kappa shape index (κ3) is 8.31. The van der Waals surface area contributed by atoms with Crippen molar-refractivity contribution in [2.24, 2.45) is 0 Å². The number of halogens is 4. The van der Waals surface area contributed by atoms with E-state index in [9.17, 15) is 22.5 Å². The van der Waals surface area contributed by atoms with Crippen molar-refractivity contribution in [3.8, 4) is 17.0 Å². The van der Waals surface area contributed by atoms with Crippen molar-refractivity contribution in [3.05, 3.63) is 64.7 Å². The number of amides is 1. The van der Waals surface area contributed by atoms with E-state index in [1.807, 2.05) is 0 Å². The molecule has 4 aromatic rings. The summed E-state index contributed by atoms with van der Waals surface area (Å²) >= 11 is 6.44. The van der Waals surface area contributed by atoms with Gasteiger partial charge in [0.05, 0.1) is 42.5 Å². The number of alkyl halides is 3. The first-order valence-electron chi connectivity index (χ1n) is 13.9. The highest BCUT2D eigenvalue weighted by Crippen LogP contribution is 2.38. The highest BCUT2D eigenvalue weighted by molar-refractivity contribution is 7.38. The molecule has 4 N–H and O–H groups in total. The molecule has 0 saturated heterocycles. The molecule has 46 heavy (non-hydrogen) atoms. The Hall–Kier alpha value is -4.24. The minimum atomic E-state index is -4.85. The van der Waals surface area contributed by atoms with E-state index in [2.05, 4.69) is 36.0 Å². The Morgan fingerprint density at radius 2 is 1.89 bits per heavy atom. The molecule has 3 heterocycles. The summed E-state index contributed by atoms with van der Waals surface area (Å²) in [7, 11) is 0.459. The van der Waals surface area contributed by atoms with Crippen molar-refractivity contribution in [1.29, 1.82) is 0 Å². The molecule has 246 valence electrons. The van der Waals surface area contributed by atoms with Gasteiger partial charge in [-0.25, -0.2) is 9.97 Å². The van der Waals surface area contributed by atoms with E-state index in [-0.39, 0.29) is 40.9 Å². The summed E-state index contributed by atoms with van der Waals surface area (Å²) in [6.07, 6.45) is -2.22. The fourth-order valence-electron chi connectivity index (χ4n) is 4.24. The fourth-order valence-corrected chi connectivity index (χ4v) is 5.49.